The number of anilines is 1. The van der Waals surface area contributed by atoms with Crippen LogP contribution in [0.25, 0.3) is 0 Å². The third kappa shape index (κ3) is 6.00. The Bertz CT molecular complexity index is 833. The Morgan fingerprint density at radius 1 is 1.03 bits per heavy atom. The van der Waals surface area contributed by atoms with Crippen LogP contribution in [0.3, 0.4) is 0 Å². The van der Waals surface area contributed by atoms with Crippen molar-refractivity contribution in [2.24, 2.45) is 0 Å². The number of amides is 2. The summed E-state index contributed by atoms with van der Waals surface area (Å²) in [7, 11) is 0. The quantitative estimate of drug-likeness (QED) is 0.583. The van der Waals surface area contributed by atoms with Crippen LogP contribution in [-0.2, 0) is 4.79 Å². The zero-order valence-electron chi connectivity index (χ0n) is 16.7. The van der Waals surface area contributed by atoms with Crippen LogP contribution in [0, 0.1) is 0 Å². The molecule has 154 valence electrons. The Balaban J connectivity index is 1.72. The van der Waals surface area contributed by atoms with E-state index in [2.05, 4.69) is 5.32 Å². The normalized spacial score (nSPS) is 15.4. The minimum atomic E-state index is -0.252. The van der Waals surface area contributed by atoms with Crippen molar-refractivity contribution in [3.8, 4) is 0 Å². The van der Waals surface area contributed by atoms with Crippen molar-refractivity contribution in [2.75, 3.05) is 18.4 Å². The van der Waals surface area contributed by atoms with E-state index in [9.17, 15) is 9.59 Å². The first kappa shape index (κ1) is 21.7. The lowest BCUT2D eigenvalue weighted by Gasteiger charge is -2.22. The van der Waals surface area contributed by atoms with Gasteiger partial charge < -0.3 is 10.2 Å². The fourth-order valence-electron chi connectivity index (χ4n) is 3.44. The number of thioether (sulfide) groups is 1. The van der Waals surface area contributed by atoms with E-state index in [0.29, 0.717) is 22.7 Å². The lowest BCUT2D eigenvalue weighted by atomic mass is 10.1. The fraction of sp³-hybridized carbons (Fsp3) is 0.391. The molecule has 0 bridgehead atoms. The number of para-hydroxylation sites is 1. The predicted molar refractivity (Wildman–Crippen MR) is 121 cm³/mol. The van der Waals surface area contributed by atoms with Crippen molar-refractivity contribution in [2.45, 2.75) is 49.2 Å². The highest BCUT2D eigenvalue weighted by molar-refractivity contribution is 8.00. The number of nitrogens with one attached hydrogen (secondary N) is 1. The molecule has 29 heavy (non-hydrogen) atoms. The predicted octanol–water partition coefficient (Wildman–Crippen LogP) is 5.87. The van der Waals surface area contributed by atoms with Crippen molar-refractivity contribution >= 4 is 40.9 Å². The molecule has 0 saturated carbocycles. The van der Waals surface area contributed by atoms with Gasteiger partial charge in [0.1, 0.15) is 0 Å². The van der Waals surface area contributed by atoms with Crippen LogP contribution in [0.5, 0.6) is 0 Å². The number of carbonyl (C=O) groups excluding carboxylic acids is 2. The number of nitrogens with zero attached hydrogens (tertiary/aromatic N) is 1. The van der Waals surface area contributed by atoms with Crippen molar-refractivity contribution in [3.05, 3.63) is 59.1 Å². The maximum Gasteiger partial charge on any atom is 0.255 e. The van der Waals surface area contributed by atoms with Gasteiger partial charge in [0.05, 0.1) is 16.5 Å². The average molecular weight is 431 g/mol. The molecule has 1 saturated heterocycles. The highest BCUT2D eigenvalue weighted by Gasteiger charge is 2.23. The minimum Gasteiger partial charge on any atom is -0.339 e. The number of hydrogen-bond acceptors (Lipinski definition) is 3. The molecule has 1 aliphatic heterocycles. The van der Waals surface area contributed by atoms with Crippen molar-refractivity contribution in [1.82, 2.24) is 4.90 Å². The van der Waals surface area contributed by atoms with E-state index in [0.717, 1.165) is 30.8 Å². The fourth-order valence-corrected chi connectivity index (χ4v) is 4.52. The van der Waals surface area contributed by atoms with Gasteiger partial charge in [0.2, 0.25) is 5.91 Å². The summed E-state index contributed by atoms with van der Waals surface area (Å²) < 4.78 is 0. The smallest absolute Gasteiger partial charge is 0.255 e. The first-order valence-electron chi connectivity index (χ1n) is 10.2. The van der Waals surface area contributed by atoms with Crippen LogP contribution >= 0.6 is 23.4 Å². The molecule has 2 aromatic rings. The molecule has 1 heterocycles. The van der Waals surface area contributed by atoms with Gasteiger partial charge in [-0.25, -0.2) is 0 Å². The summed E-state index contributed by atoms with van der Waals surface area (Å²) in [5.41, 5.74) is 1.15. The highest BCUT2D eigenvalue weighted by atomic mass is 35.5. The summed E-state index contributed by atoms with van der Waals surface area (Å²) in [5.74, 6) is -0.0928. The van der Waals surface area contributed by atoms with Crippen molar-refractivity contribution < 1.29 is 9.59 Å². The SMILES string of the molecule is CC[C@H](Sc1ccc(Cl)cc1)C(=O)Nc1ccccc1C(=O)N1CCCCCC1. The van der Waals surface area contributed by atoms with Gasteiger partial charge in [-0.05, 0) is 55.7 Å². The van der Waals surface area contributed by atoms with Crippen LogP contribution in [0.15, 0.2) is 53.4 Å². The first-order valence-corrected chi connectivity index (χ1v) is 11.5. The van der Waals surface area contributed by atoms with Gasteiger partial charge in [-0.2, -0.15) is 0 Å². The molecule has 0 spiro atoms. The molecule has 0 aliphatic carbocycles. The molecular weight excluding hydrogens is 404 g/mol. The Labute approximate surface area is 182 Å². The molecule has 4 nitrogen and oxygen atoms in total. The van der Waals surface area contributed by atoms with Crippen LogP contribution in [0.1, 0.15) is 49.4 Å². The second-order valence-electron chi connectivity index (χ2n) is 7.21. The largest absolute Gasteiger partial charge is 0.339 e. The van der Waals surface area contributed by atoms with Crippen LogP contribution in [-0.4, -0.2) is 35.1 Å². The molecule has 6 heteroatoms. The Morgan fingerprint density at radius 3 is 2.34 bits per heavy atom. The second kappa shape index (κ2) is 10.7. The lowest BCUT2D eigenvalue weighted by molar-refractivity contribution is -0.115. The Morgan fingerprint density at radius 2 is 1.69 bits per heavy atom. The standard InChI is InChI=1S/C23H27ClN2O2S/c1-2-21(29-18-13-11-17(24)12-14-18)22(27)25-20-10-6-5-9-19(20)23(28)26-15-7-3-4-8-16-26/h5-6,9-14,21H,2-4,7-8,15-16H2,1H3,(H,25,27)/t21-/m0/s1. The molecule has 1 atom stereocenters. The molecule has 0 radical (unpaired) electrons. The summed E-state index contributed by atoms with van der Waals surface area (Å²) in [6, 6.07) is 14.8. The minimum absolute atomic E-state index is 0.00111. The second-order valence-corrected chi connectivity index (χ2v) is 8.92. The summed E-state index contributed by atoms with van der Waals surface area (Å²) in [4.78, 5) is 28.9. The third-order valence-corrected chi connectivity index (χ3v) is 6.69. The van der Waals surface area contributed by atoms with E-state index in [1.807, 2.05) is 54.3 Å². The Hall–Kier alpha value is -1.98. The monoisotopic (exact) mass is 430 g/mol. The van der Waals surface area contributed by atoms with E-state index in [-0.39, 0.29) is 17.1 Å². The molecule has 0 unspecified atom stereocenters. The molecule has 3 rings (SSSR count). The van der Waals surface area contributed by atoms with E-state index in [1.54, 1.807) is 6.07 Å². The first-order chi connectivity index (χ1) is 14.1. The number of hydrogen-bond donors (Lipinski definition) is 1. The van der Waals surface area contributed by atoms with Gasteiger partial charge in [0.15, 0.2) is 0 Å². The average Bonchev–Trinajstić information content (AvgIpc) is 3.03. The van der Waals surface area contributed by atoms with Gasteiger partial charge in [-0.1, -0.05) is 43.5 Å². The van der Waals surface area contributed by atoms with E-state index in [4.69, 9.17) is 11.6 Å². The molecule has 1 aliphatic rings. The lowest BCUT2D eigenvalue weighted by Crippen LogP contribution is -2.33. The van der Waals surface area contributed by atoms with Gasteiger partial charge in [-0.3, -0.25) is 9.59 Å². The molecule has 0 aromatic heterocycles. The van der Waals surface area contributed by atoms with E-state index in [1.165, 1.54) is 24.6 Å². The molecule has 2 amide bonds. The number of halogens is 1. The summed E-state index contributed by atoms with van der Waals surface area (Å²) in [6.45, 7) is 3.55. The maximum absolute atomic E-state index is 13.1. The molecule has 1 fully saturated rings. The number of rotatable bonds is 6. The van der Waals surface area contributed by atoms with Crippen LogP contribution in [0.4, 0.5) is 5.69 Å². The topological polar surface area (TPSA) is 49.4 Å². The summed E-state index contributed by atoms with van der Waals surface area (Å²) >= 11 is 7.45. The van der Waals surface area contributed by atoms with E-state index < -0.39 is 0 Å². The van der Waals surface area contributed by atoms with Crippen LogP contribution < -0.4 is 5.32 Å². The maximum atomic E-state index is 13.1. The van der Waals surface area contributed by atoms with Gasteiger partial charge >= 0.3 is 0 Å². The van der Waals surface area contributed by atoms with Crippen molar-refractivity contribution in [3.63, 3.8) is 0 Å². The summed E-state index contributed by atoms with van der Waals surface area (Å²) in [5, 5.41) is 3.42. The molecule has 1 N–H and O–H groups in total. The van der Waals surface area contributed by atoms with Gasteiger partial charge in [0, 0.05) is 23.0 Å². The number of likely N-dealkylation sites (tertiary alicyclic amines) is 1. The molecule has 2 aromatic carbocycles. The zero-order valence-corrected chi connectivity index (χ0v) is 18.3. The highest BCUT2D eigenvalue weighted by Crippen LogP contribution is 2.28. The van der Waals surface area contributed by atoms with E-state index >= 15 is 0 Å². The van der Waals surface area contributed by atoms with Crippen molar-refractivity contribution in [1.29, 1.82) is 0 Å². The third-order valence-electron chi connectivity index (χ3n) is 5.06. The summed E-state index contributed by atoms with van der Waals surface area (Å²) in [6.07, 6.45) is 5.09. The zero-order chi connectivity index (χ0) is 20.6. The molecular formula is C23H27ClN2O2S. The van der Waals surface area contributed by atoms with Gasteiger partial charge in [-0.15, -0.1) is 11.8 Å². The van der Waals surface area contributed by atoms with Gasteiger partial charge in [0.25, 0.3) is 5.91 Å². The number of carbonyl (C=O) groups is 2. The van der Waals surface area contributed by atoms with Crippen LogP contribution in [0.2, 0.25) is 5.02 Å². The Kier molecular flexibility index (Phi) is 8.01. The number of benzene rings is 2.